The molecule has 0 aliphatic carbocycles. The molecule has 0 unspecified atom stereocenters. The molecule has 3 heteroatoms. The SMILES string of the molecule is O=C(O)CCC(=O)/C=C/c1ccccc1. The summed E-state index contributed by atoms with van der Waals surface area (Å²) < 4.78 is 0. The Morgan fingerprint density at radius 3 is 2.40 bits per heavy atom. The van der Waals surface area contributed by atoms with Crippen LogP contribution in [0.1, 0.15) is 18.4 Å². The first-order valence-electron chi connectivity index (χ1n) is 4.66. The van der Waals surface area contributed by atoms with Crippen molar-refractivity contribution < 1.29 is 14.7 Å². The molecule has 0 saturated carbocycles. The van der Waals surface area contributed by atoms with Crippen LogP contribution in [0.3, 0.4) is 0 Å². The molecular formula is C12H12O3. The van der Waals surface area contributed by atoms with E-state index in [-0.39, 0.29) is 18.6 Å². The molecular weight excluding hydrogens is 192 g/mol. The molecule has 0 fully saturated rings. The highest BCUT2D eigenvalue weighted by Crippen LogP contribution is 2.02. The molecule has 78 valence electrons. The van der Waals surface area contributed by atoms with Gasteiger partial charge in [0.25, 0.3) is 0 Å². The van der Waals surface area contributed by atoms with E-state index in [0.29, 0.717) is 0 Å². The Kier molecular flexibility index (Phi) is 4.29. The number of carboxylic acids is 1. The first-order chi connectivity index (χ1) is 7.18. The molecule has 0 atom stereocenters. The molecule has 0 heterocycles. The largest absolute Gasteiger partial charge is 0.481 e. The maximum Gasteiger partial charge on any atom is 0.303 e. The number of rotatable bonds is 5. The first kappa shape index (κ1) is 11.2. The predicted octanol–water partition coefficient (Wildman–Crippen LogP) is 2.13. The molecule has 3 nitrogen and oxygen atoms in total. The Balaban J connectivity index is 2.44. The molecule has 1 rings (SSSR count). The second-order valence-electron chi connectivity index (χ2n) is 3.10. The highest BCUT2D eigenvalue weighted by Gasteiger charge is 2.01. The van der Waals surface area contributed by atoms with Crippen LogP contribution in [0.5, 0.6) is 0 Å². The molecule has 0 amide bonds. The number of carbonyl (C=O) groups is 2. The van der Waals surface area contributed by atoms with Crippen LogP contribution in [0.4, 0.5) is 0 Å². The van der Waals surface area contributed by atoms with Gasteiger partial charge in [-0.3, -0.25) is 9.59 Å². The fourth-order valence-corrected chi connectivity index (χ4v) is 1.07. The van der Waals surface area contributed by atoms with E-state index in [0.717, 1.165) is 5.56 Å². The predicted molar refractivity (Wildman–Crippen MR) is 57.4 cm³/mol. The number of allylic oxidation sites excluding steroid dienone is 1. The fourth-order valence-electron chi connectivity index (χ4n) is 1.07. The van der Waals surface area contributed by atoms with Crippen LogP contribution in [0, 0.1) is 0 Å². The number of hydrogen-bond acceptors (Lipinski definition) is 2. The third-order valence-electron chi connectivity index (χ3n) is 1.85. The van der Waals surface area contributed by atoms with Gasteiger partial charge in [-0.2, -0.15) is 0 Å². The van der Waals surface area contributed by atoms with E-state index >= 15 is 0 Å². The highest BCUT2D eigenvalue weighted by molar-refractivity contribution is 5.95. The number of carbonyl (C=O) groups excluding carboxylic acids is 1. The van der Waals surface area contributed by atoms with Crippen molar-refractivity contribution in [2.24, 2.45) is 0 Å². The zero-order chi connectivity index (χ0) is 11.1. The van der Waals surface area contributed by atoms with Crippen molar-refractivity contribution in [3.05, 3.63) is 42.0 Å². The van der Waals surface area contributed by atoms with Crippen molar-refractivity contribution in [1.82, 2.24) is 0 Å². The summed E-state index contributed by atoms with van der Waals surface area (Å²) in [5, 5.41) is 8.37. The number of ketones is 1. The van der Waals surface area contributed by atoms with Gasteiger partial charge < -0.3 is 5.11 Å². The van der Waals surface area contributed by atoms with E-state index in [1.165, 1.54) is 6.08 Å². The minimum Gasteiger partial charge on any atom is -0.481 e. The Labute approximate surface area is 88.0 Å². The van der Waals surface area contributed by atoms with E-state index in [1.807, 2.05) is 30.3 Å². The lowest BCUT2D eigenvalue weighted by Crippen LogP contribution is -1.99. The zero-order valence-electron chi connectivity index (χ0n) is 8.22. The summed E-state index contributed by atoms with van der Waals surface area (Å²) in [6.45, 7) is 0. The normalized spacial score (nSPS) is 10.4. The highest BCUT2D eigenvalue weighted by atomic mass is 16.4. The molecule has 0 radical (unpaired) electrons. The van der Waals surface area contributed by atoms with Crippen LogP contribution >= 0.6 is 0 Å². The molecule has 0 aromatic heterocycles. The lowest BCUT2D eigenvalue weighted by Gasteiger charge is -1.92. The Morgan fingerprint density at radius 1 is 1.13 bits per heavy atom. The minimum absolute atomic E-state index is 0.0542. The van der Waals surface area contributed by atoms with Crippen LogP contribution in [-0.4, -0.2) is 16.9 Å². The molecule has 1 N–H and O–H groups in total. The average molecular weight is 204 g/mol. The van der Waals surface area contributed by atoms with Gasteiger partial charge in [0, 0.05) is 6.42 Å². The van der Waals surface area contributed by atoms with Crippen molar-refractivity contribution in [2.75, 3.05) is 0 Å². The monoisotopic (exact) mass is 204 g/mol. The van der Waals surface area contributed by atoms with Gasteiger partial charge in [-0.25, -0.2) is 0 Å². The van der Waals surface area contributed by atoms with Gasteiger partial charge in [-0.05, 0) is 11.6 Å². The second-order valence-corrected chi connectivity index (χ2v) is 3.10. The molecule has 15 heavy (non-hydrogen) atoms. The van der Waals surface area contributed by atoms with E-state index in [4.69, 9.17) is 5.11 Å². The van der Waals surface area contributed by atoms with Gasteiger partial charge >= 0.3 is 5.97 Å². The summed E-state index contributed by atoms with van der Waals surface area (Å²) in [6.07, 6.45) is 3.04. The number of aliphatic carboxylic acids is 1. The molecule has 0 aliphatic heterocycles. The van der Waals surface area contributed by atoms with E-state index in [1.54, 1.807) is 6.08 Å². The number of hydrogen-bond donors (Lipinski definition) is 1. The average Bonchev–Trinajstić information content (AvgIpc) is 2.25. The summed E-state index contributed by atoms with van der Waals surface area (Å²) >= 11 is 0. The van der Waals surface area contributed by atoms with Crippen LogP contribution in [0.15, 0.2) is 36.4 Å². The summed E-state index contributed by atoms with van der Waals surface area (Å²) in [6, 6.07) is 9.40. The third-order valence-corrected chi connectivity index (χ3v) is 1.85. The standard InChI is InChI=1S/C12H12O3/c13-11(8-9-12(14)15)7-6-10-4-2-1-3-5-10/h1-7H,8-9H2,(H,14,15)/b7-6+. The van der Waals surface area contributed by atoms with E-state index in [9.17, 15) is 9.59 Å². The van der Waals surface area contributed by atoms with Crippen LogP contribution in [-0.2, 0) is 9.59 Å². The first-order valence-corrected chi connectivity index (χ1v) is 4.66. The van der Waals surface area contributed by atoms with Crippen molar-refractivity contribution in [1.29, 1.82) is 0 Å². The van der Waals surface area contributed by atoms with Crippen LogP contribution < -0.4 is 0 Å². The van der Waals surface area contributed by atoms with Crippen LogP contribution in [0.2, 0.25) is 0 Å². The second kappa shape index (κ2) is 5.75. The molecule has 1 aromatic carbocycles. The Hall–Kier alpha value is -1.90. The maximum absolute atomic E-state index is 11.2. The van der Waals surface area contributed by atoms with Gasteiger partial charge in [0.2, 0.25) is 0 Å². The topological polar surface area (TPSA) is 54.4 Å². The maximum atomic E-state index is 11.2. The van der Waals surface area contributed by atoms with Crippen molar-refractivity contribution >= 4 is 17.8 Å². The van der Waals surface area contributed by atoms with Gasteiger partial charge in [-0.1, -0.05) is 36.4 Å². The lowest BCUT2D eigenvalue weighted by molar-refractivity contribution is -0.138. The smallest absolute Gasteiger partial charge is 0.303 e. The third kappa shape index (κ3) is 4.76. The summed E-state index contributed by atoms with van der Waals surface area (Å²) in [5.74, 6) is -1.11. The minimum atomic E-state index is -0.948. The van der Waals surface area contributed by atoms with Gasteiger partial charge in [0.1, 0.15) is 0 Å². The van der Waals surface area contributed by atoms with E-state index < -0.39 is 5.97 Å². The van der Waals surface area contributed by atoms with Gasteiger partial charge in [-0.15, -0.1) is 0 Å². The van der Waals surface area contributed by atoms with Crippen LogP contribution in [0.25, 0.3) is 6.08 Å². The van der Waals surface area contributed by atoms with Crippen molar-refractivity contribution in [3.8, 4) is 0 Å². The summed E-state index contributed by atoms with van der Waals surface area (Å²) in [7, 11) is 0. The Morgan fingerprint density at radius 2 is 1.80 bits per heavy atom. The zero-order valence-corrected chi connectivity index (χ0v) is 8.22. The number of benzene rings is 1. The lowest BCUT2D eigenvalue weighted by atomic mass is 10.1. The fraction of sp³-hybridized carbons (Fsp3) is 0.167. The molecule has 0 aliphatic rings. The summed E-state index contributed by atoms with van der Waals surface area (Å²) in [5.41, 5.74) is 0.932. The molecule has 0 bridgehead atoms. The van der Waals surface area contributed by atoms with Gasteiger partial charge in [0.05, 0.1) is 6.42 Å². The summed E-state index contributed by atoms with van der Waals surface area (Å²) in [4.78, 5) is 21.4. The molecule has 0 spiro atoms. The van der Waals surface area contributed by atoms with E-state index in [2.05, 4.69) is 0 Å². The molecule has 1 aromatic rings. The molecule has 0 saturated heterocycles. The quantitative estimate of drug-likeness (QED) is 0.747. The Bertz CT molecular complexity index is 366. The van der Waals surface area contributed by atoms with Crippen molar-refractivity contribution in [2.45, 2.75) is 12.8 Å². The number of carboxylic acid groups (broad SMARTS) is 1. The van der Waals surface area contributed by atoms with Crippen molar-refractivity contribution in [3.63, 3.8) is 0 Å². The van der Waals surface area contributed by atoms with Gasteiger partial charge in [0.15, 0.2) is 5.78 Å².